The van der Waals surface area contributed by atoms with Gasteiger partial charge < -0.3 is 15.4 Å². The maximum atomic E-state index is 13.3. The van der Waals surface area contributed by atoms with E-state index in [4.69, 9.17) is 16.3 Å². The maximum Gasteiger partial charge on any atom is 0.338 e. The van der Waals surface area contributed by atoms with E-state index < -0.39 is 29.5 Å². The molecule has 4 rings (SSSR count). The summed E-state index contributed by atoms with van der Waals surface area (Å²) in [6, 6.07) is 17.5. The number of unbranched alkanes of at least 4 members (excludes halogenated alkanes) is 1. The van der Waals surface area contributed by atoms with Crippen LogP contribution in [0.1, 0.15) is 40.5 Å². The van der Waals surface area contributed by atoms with Crippen LogP contribution in [0.4, 0.5) is 21.5 Å². The van der Waals surface area contributed by atoms with Crippen LogP contribution in [0, 0.1) is 5.82 Å². The fourth-order valence-corrected chi connectivity index (χ4v) is 3.85. The van der Waals surface area contributed by atoms with E-state index in [1.807, 2.05) is 6.92 Å². The molecule has 194 valence electrons. The van der Waals surface area contributed by atoms with Crippen LogP contribution >= 0.6 is 11.6 Å². The molecule has 0 radical (unpaired) electrons. The van der Waals surface area contributed by atoms with Crippen LogP contribution in [0.15, 0.2) is 83.5 Å². The summed E-state index contributed by atoms with van der Waals surface area (Å²) < 4.78 is 18.5. The lowest BCUT2D eigenvalue weighted by molar-refractivity contribution is -0.120. The van der Waals surface area contributed by atoms with E-state index in [9.17, 15) is 23.6 Å². The quantitative estimate of drug-likeness (QED) is 0.214. The Hall–Kier alpha value is -4.50. The van der Waals surface area contributed by atoms with E-state index in [1.165, 1.54) is 24.3 Å². The molecule has 1 aliphatic rings. The summed E-state index contributed by atoms with van der Waals surface area (Å²) in [6.07, 6.45) is 1.66. The maximum absolute atomic E-state index is 13.3. The molecular weight excluding hydrogens is 513 g/mol. The number of amides is 3. The molecule has 1 aliphatic heterocycles. The molecule has 0 atom stereocenters. The lowest BCUT2D eigenvalue weighted by atomic mass is 10.1. The number of anilines is 3. The van der Waals surface area contributed by atoms with Gasteiger partial charge in [0.15, 0.2) is 0 Å². The number of benzene rings is 3. The van der Waals surface area contributed by atoms with Gasteiger partial charge in [-0.3, -0.25) is 14.4 Å². The largest absolute Gasteiger partial charge is 0.462 e. The monoisotopic (exact) mass is 535 g/mol. The van der Waals surface area contributed by atoms with Crippen LogP contribution in [-0.2, 0) is 14.3 Å². The van der Waals surface area contributed by atoms with Gasteiger partial charge in [-0.2, -0.15) is 0 Å². The van der Waals surface area contributed by atoms with Gasteiger partial charge in [0.25, 0.3) is 17.7 Å². The van der Waals surface area contributed by atoms with Gasteiger partial charge in [0, 0.05) is 16.9 Å². The van der Waals surface area contributed by atoms with Crippen LogP contribution < -0.4 is 15.5 Å². The van der Waals surface area contributed by atoms with E-state index in [1.54, 1.807) is 36.4 Å². The summed E-state index contributed by atoms with van der Waals surface area (Å²) in [7, 11) is 0. The van der Waals surface area contributed by atoms with E-state index in [-0.39, 0.29) is 22.0 Å². The number of carbonyl (C=O) groups excluding carboxylic acids is 4. The molecule has 0 saturated heterocycles. The molecule has 3 amide bonds. The minimum atomic E-state index is -0.757. The van der Waals surface area contributed by atoms with Gasteiger partial charge in [-0.05, 0) is 67.1 Å². The van der Waals surface area contributed by atoms with Crippen molar-refractivity contribution in [3.8, 4) is 0 Å². The van der Waals surface area contributed by atoms with Crippen molar-refractivity contribution in [2.75, 3.05) is 22.1 Å². The van der Waals surface area contributed by atoms with Gasteiger partial charge in [0.2, 0.25) is 0 Å². The first-order valence-corrected chi connectivity index (χ1v) is 12.2. The Bertz CT molecular complexity index is 1440. The number of carbonyl (C=O) groups is 4. The molecule has 0 spiro atoms. The summed E-state index contributed by atoms with van der Waals surface area (Å²) in [5, 5.41) is 5.20. The highest BCUT2D eigenvalue weighted by Crippen LogP contribution is 2.30. The average molecular weight is 536 g/mol. The van der Waals surface area contributed by atoms with E-state index >= 15 is 0 Å². The number of hydrogen-bond donors (Lipinski definition) is 2. The summed E-state index contributed by atoms with van der Waals surface area (Å²) >= 11 is 6.15. The number of imide groups is 1. The zero-order chi connectivity index (χ0) is 27.2. The third-order valence-corrected chi connectivity index (χ3v) is 5.94. The van der Waals surface area contributed by atoms with Gasteiger partial charge in [0.1, 0.15) is 16.5 Å². The smallest absolute Gasteiger partial charge is 0.338 e. The predicted molar refractivity (Wildman–Crippen MR) is 141 cm³/mol. The average Bonchev–Trinajstić information content (AvgIpc) is 3.12. The Morgan fingerprint density at radius 1 is 0.921 bits per heavy atom. The minimum Gasteiger partial charge on any atom is -0.462 e. The summed E-state index contributed by atoms with van der Waals surface area (Å²) in [4.78, 5) is 51.5. The molecule has 0 aliphatic carbocycles. The fourth-order valence-electron chi connectivity index (χ4n) is 3.64. The summed E-state index contributed by atoms with van der Waals surface area (Å²) in [5.41, 5.74) is 1.28. The van der Waals surface area contributed by atoms with Crippen molar-refractivity contribution in [1.82, 2.24) is 0 Å². The van der Waals surface area contributed by atoms with Crippen LogP contribution in [0.25, 0.3) is 0 Å². The lowest BCUT2D eigenvalue weighted by Gasteiger charge is -2.15. The molecule has 2 N–H and O–H groups in total. The first-order chi connectivity index (χ1) is 18.3. The minimum absolute atomic E-state index is 0.168. The lowest BCUT2D eigenvalue weighted by Crippen LogP contribution is -2.32. The van der Waals surface area contributed by atoms with Crippen LogP contribution in [0.3, 0.4) is 0 Å². The van der Waals surface area contributed by atoms with Gasteiger partial charge in [-0.1, -0.05) is 37.1 Å². The fraction of sp³-hybridized carbons (Fsp3) is 0.143. The van der Waals surface area contributed by atoms with Crippen molar-refractivity contribution in [3.05, 3.63) is 100 Å². The highest BCUT2D eigenvalue weighted by Gasteiger charge is 2.39. The number of nitrogens with zero attached hydrogens (tertiary/aromatic N) is 1. The number of ether oxygens (including phenoxy) is 1. The molecule has 8 nitrogen and oxygen atoms in total. The summed E-state index contributed by atoms with van der Waals surface area (Å²) in [5.74, 6) is -2.93. The van der Waals surface area contributed by atoms with Crippen molar-refractivity contribution in [2.24, 2.45) is 0 Å². The molecule has 0 aromatic heterocycles. The molecule has 38 heavy (non-hydrogen) atoms. The van der Waals surface area contributed by atoms with Gasteiger partial charge in [0.05, 0.1) is 17.9 Å². The Morgan fingerprint density at radius 2 is 1.58 bits per heavy atom. The van der Waals surface area contributed by atoms with Crippen LogP contribution in [-0.4, -0.2) is 30.3 Å². The molecule has 0 unspecified atom stereocenters. The molecule has 3 aromatic rings. The zero-order valence-electron chi connectivity index (χ0n) is 20.3. The molecule has 3 aromatic carbocycles. The highest BCUT2D eigenvalue weighted by atomic mass is 35.5. The second-order valence-corrected chi connectivity index (χ2v) is 8.72. The topological polar surface area (TPSA) is 105 Å². The molecule has 0 bridgehead atoms. The van der Waals surface area contributed by atoms with Gasteiger partial charge in [-0.25, -0.2) is 14.1 Å². The highest BCUT2D eigenvalue weighted by molar-refractivity contribution is 6.53. The van der Waals surface area contributed by atoms with E-state index in [0.29, 0.717) is 23.5 Å². The molecule has 0 fully saturated rings. The van der Waals surface area contributed by atoms with Crippen molar-refractivity contribution in [1.29, 1.82) is 0 Å². The van der Waals surface area contributed by atoms with Crippen molar-refractivity contribution in [3.63, 3.8) is 0 Å². The Labute approximate surface area is 223 Å². The number of hydrogen-bond acceptors (Lipinski definition) is 6. The third kappa shape index (κ3) is 5.90. The van der Waals surface area contributed by atoms with Gasteiger partial charge >= 0.3 is 5.97 Å². The second kappa shape index (κ2) is 11.7. The van der Waals surface area contributed by atoms with Crippen molar-refractivity contribution in [2.45, 2.75) is 19.8 Å². The number of nitrogens with one attached hydrogen (secondary N) is 2. The summed E-state index contributed by atoms with van der Waals surface area (Å²) in [6.45, 7) is 2.32. The molecule has 1 heterocycles. The number of halogens is 2. The van der Waals surface area contributed by atoms with E-state index in [2.05, 4.69) is 10.6 Å². The standard InChI is InChI=1S/C28H23ClFN3O5/c1-2-3-14-38-28(37)18-7-5-9-21(16-18)32-25(34)17-6-4-8-20(15-17)31-24-23(29)26(35)33(27(24)36)22-12-10-19(30)11-13-22/h4-13,15-16,31H,2-3,14H2,1H3,(H,32,34). The second-order valence-electron chi connectivity index (χ2n) is 8.34. The zero-order valence-corrected chi connectivity index (χ0v) is 21.0. The van der Waals surface area contributed by atoms with Crippen LogP contribution in [0.2, 0.25) is 0 Å². The first kappa shape index (κ1) is 26.6. The molecular formula is C28H23ClFN3O5. The number of rotatable bonds is 9. The van der Waals surface area contributed by atoms with Crippen LogP contribution in [0.5, 0.6) is 0 Å². The third-order valence-electron chi connectivity index (χ3n) is 5.59. The SMILES string of the molecule is CCCCOC(=O)c1cccc(NC(=O)c2cccc(NC3=C(Cl)C(=O)N(c4ccc(F)cc4)C3=O)c2)c1. The Balaban J connectivity index is 1.46. The van der Waals surface area contributed by atoms with Crippen molar-refractivity contribution < 1.29 is 28.3 Å². The van der Waals surface area contributed by atoms with Gasteiger partial charge in [-0.15, -0.1) is 0 Å². The van der Waals surface area contributed by atoms with Crippen molar-refractivity contribution >= 4 is 52.4 Å². The molecule has 0 saturated carbocycles. The Kier molecular flexibility index (Phi) is 8.18. The Morgan fingerprint density at radius 3 is 2.29 bits per heavy atom. The molecule has 10 heteroatoms. The van der Waals surface area contributed by atoms with E-state index in [0.717, 1.165) is 29.9 Å². The predicted octanol–water partition coefficient (Wildman–Crippen LogP) is 5.47. The number of esters is 1. The first-order valence-electron chi connectivity index (χ1n) is 11.8. The normalized spacial score (nSPS) is 13.1.